The molecule has 0 spiro atoms. The normalized spacial score (nSPS) is 17.7. The number of ether oxygens (including phenoxy) is 1. The molecule has 156 valence electrons. The molecule has 0 unspecified atom stereocenters. The Balaban J connectivity index is 1.84. The Labute approximate surface area is 187 Å². The summed E-state index contributed by atoms with van der Waals surface area (Å²) in [5.41, 5.74) is 0.951. The van der Waals surface area contributed by atoms with E-state index in [1.807, 2.05) is 0 Å². The van der Waals surface area contributed by atoms with Gasteiger partial charge in [0.2, 0.25) is 0 Å². The number of aliphatic hydroxyl groups is 1. The van der Waals surface area contributed by atoms with E-state index < -0.39 is 17.7 Å². The number of halogens is 1. The first-order chi connectivity index (χ1) is 15.0. The van der Waals surface area contributed by atoms with Gasteiger partial charge in [-0.25, -0.2) is 4.98 Å². The van der Waals surface area contributed by atoms with Crippen molar-refractivity contribution in [2.45, 2.75) is 6.04 Å². The molecule has 1 amide bonds. The highest BCUT2D eigenvalue weighted by atomic mass is 35.5. The quantitative estimate of drug-likeness (QED) is 0.247. The number of aliphatic hydroxyl groups excluding tert-OH is 1. The molecule has 1 fully saturated rings. The molecule has 1 aromatic heterocycles. The number of ketones is 1. The number of nitrogens with zero attached hydrogens (tertiary/aromatic N) is 2. The molecule has 3 aromatic rings. The number of carbonyl (C=O) groups excluding carboxylic acids is 2. The number of rotatable bonds is 6. The Morgan fingerprint density at radius 1 is 1.26 bits per heavy atom. The lowest BCUT2D eigenvalue weighted by Crippen LogP contribution is -2.29. The molecule has 1 saturated heterocycles. The fourth-order valence-electron chi connectivity index (χ4n) is 3.38. The van der Waals surface area contributed by atoms with Crippen molar-refractivity contribution in [3.8, 4) is 5.75 Å². The van der Waals surface area contributed by atoms with E-state index in [4.69, 9.17) is 16.3 Å². The van der Waals surface area contributed by atoms with Crippen molar-refractivity contribution in [1.29, 1.82) is 0 Å². The van der Waals surface area contributed by atoms with E-state index in [0.29, 0.717) is 33.6 Å². The van der Waals surface area contributed by atoms with Gasteiger partial charge in [0.15, 0.2) is 5.13 Å². The summed E-state index contributed by atoms with van der Waals surface area (Å²) in [6.45, 7) is 3.95. The van der Waals surface area contributed by atoms with Crippen LogP contribution in [0.5, 0.6) is 5.75 Å². The average molecular weight is 453 g/mol. The third-order valence-electron chi connectivity index (χ3n) is 4.73. The maximum absolute atomic E-state index is 13.0. The first kappa shape index (κ1) is 20.8. The zero-order valence-corrected chi connectivity index (χ0v) is 17.8. The average Bonchev–Trinajstić information content (AvgIpc) is 3.39. The standard InChI is InChI=1S/C23H17ClN2O4S/c1-2-11-30-17-8-6-14(7-9-17)20(27)18-19(15-4-3-5-16(24)13-15)26(22(29)21(18)28)23-25-10-12-31-23/h2-10,12-13,19,27H,1,11H2/b20-18+/t19-/m1/s1. The summed E-state index contributed by atoms with van der Waals surface area (Å²) in [5.74, 6) is -1.24. The zero-order chi connectivity index (χ0) is 22.0. The number of hydrogen-bond donors (Lipinski definition) is 1. The van der Waals surface area contributed by atoms with Crippen LogP contribution in [0.2, 0.25) is 5.02 Å². The monoisotopic (exact) mass is 452 g/mol. The number of anilines is 1. The molecule has 8 heteroatoms. The molecule has 2 aromatic carbocycles. The summed E-state index contributed by atoms with van der Waals surface area (Å²) in [6, 6.07) is 12.6. The van der Waals surface area contributed by atoms with Crippen molar-refractivity contribution in [3.63, 3.8) is 0 Å². The molecule has 1 atom stereocenters. The van der Waals surface area contributed by atoms with Crippen LogP contribution >= 0.6 is 22.9 Å². The SMILES string of the molecule is C=CCOc1ccc(/C(O)=C2\C(=O)C(=O)N(c3nccs3)[C@@H]2c2cccc(Cl)c2)cc1. The van der Waals surface area contributed by atoms with Gasteiger partial charge in [-0.1, -0.05) is 36.4 Å². The lowest BCUT2D eigenvalue weighted by Gasteiger charge is -2.23. The van der Waals surface area contributed by atoms with Crippen LogP contribution in [0.3, 0.4) is 0 Å². The topological polar surface area (TPSA) is 79.7 Å². The van der Waals surface area contributed by atoms with E-state index in [9.17, 15) is 14.7 Å². The molecule has 0 radical (unpaired) electrons. The highest BCUT2D eigenvalue weighted by molar-refractivity contribution is 7.14. The molecule has 6 nitrogen and oxygen atoms in total. The van der Waals surface area contributed by atoms with Gasteiger partial charge >= 0.3 is 5.91 Å². The number of aromatic nitrogens is 1. The van der Waals surface area contributed by atoms with E-state index in [1.165, 1.54) is 16.2 Å². The minimum atomic E-state index is -0.860. The second-order valence-electron chi connectivity index (χ2n) is 6.66. The Kier molecular flexibility index (Phi) is 5.88. The van der Waals surface area contributed by atoms with Crippen LogP contribution < -0.4 is 9.64 Å². The van der Waals surface area contributed by atoms with Gasteiger partial charge in [0.05, 0.1) is 11.6 Å². The zero-order valence-electron chi connectivity index (χ0n) is 16.2. The lowest BCUT2D eigenvalue weighted by molar-refractivity contribution is -0.132. The van der Waals surface area contributed by atoms with E-state index in [0.717, 1.165) is 0 Å². The molecule has 4 rings (SSSR count). The summed E-state index contributed by atoms with van der Waals surface area (Å²) >= 11 is 7.40. The third-order valence-corrected chi connectivity index (χ3v) is 5.74. The number of Topliss-reactive ketones (excluding diaryl/α,β-unsaturated/α-hetero) is 1. The third kappa shape index (κ3) is 3.97. The van der Waals surface area contributed by atoms with Crippen LogP contribution in [0.15, 0.2) is 78.3 Å². The maximum Gasteiger partial charge on any atom is 0.301 e. The van der Waals surface area contributed by atoms with Crippen molar-refractivity contribution in [2.24, 2.45) is 0 Å². The van der Waals surface area contributed by atoms with Crippen LogP contribution in [-0.2, 0) is 9.59 Å². The van der Waals surface area contributed by atoms with E-state index in [2.05, 4.69) is 11.6 Å². The van der Waals surface area contributed by atoms with Crippen molar-refractivity contribution >= 4 is 45.5 Å². The van der Waals surface area contributed by atoms with E-state index >= 15 is 0 Å². The molecule has 1 aliphatic rings. The number of hydrogen-bond acceptors (Lipinski definition) is 6. The van der Waals surface area contributed by atoms with Crippen molar-refractivity contribution in [1.82, 2.24) is 4.98 Å². The molecule has 2 heterocycles. The maximum atomic E-state index is 13.0. The molecule has 0 aliphatic carbocycles. The fourth-order valence-corrected chi connectivity index (χ4v) is 4.24. The van der Waals surface area contributed by atoms with Crippen molar-refractivity contribution in [3.05, 3.63) is 94.5 Å². The number of benzene rings is 2. The Bertz CT molecular complexity index is 1170. The summed E-state index contributed by atoms with van der Waals surface area (Å²) in [5, 5.41) is 13.6. The Morgan fingerprint density at radius 2 is 2.03 bits per heavy atom. The smallest absolute Gasteiger partial charge is 0.301 e. The van der Waals surface area contributed by atoms with Crippen LogP contribution in [0, 0.1) is 0 Å². The number of thiazole rings is 1. The van der Waals surface area contributed by atoms with Crippen molar-refractivity contribution < 1.29 is 19.4 Å². The Morgan fingerprint density at radius 3 is 2.68 bits per heavy atom. The first-order valence-electron chi connectivity index (χ1n) is 9.31. The predicted octanol–water partition coefficient (Wildman–Crippen LogP) is 4.99. The largest absolute Gasteiger partial charge is 0.507 e. The fraction of sp³-hybridized carbons (Fsp3) is 0.0870. The Hall–Kier alpha value is -3.42. The van der Waals surface area contributed by atoms with E-state index in [-0.39, 0.29) is 11.3 Å². The lowest BCUT2D eigenvalue weighted by atomic mass is 9.95. The molecule has 0 saturated carbocycles. The van der Waals surface area contributed by atoms with Gasteiger partial charge in [-0.05, 0) is 42.0 Å². The van der Waals surface area contributed by atoms with Gasteiger partial charge in [0.25, 0.3) is 5.78 Å². The summed E-state index contributed by atoms with van der Waals surface area (Å²) in [4.78, 5) is 31.4. The summed E-state index contributed by atoms with van der Waals surface area (Å²) in [7, 11) is 0. The van der Waals surface area contributed by atoms with Gasteiger partial charge in [-0.2, -0.15) is 0 Å². The molecule has 0 bridgehead atoms. The second kappa shape index (κ2) is 8.75. The summed E-state index contributed by atoms with van der Waals surface area (Å²) < 4.78 is 5.46. The first-order valence-corrected chi connectivity index (χ1v) is 10.6. The minimum absolute atomic E-state index is 0.0257. The van der Waals surface area contributed by atoms with Gasteiger partial charge in [-0.3, -0.25) is 14.5 Å². The van der Waals surface area contributed by atoms with Gasteiger partial charge < -0.3 is 9.84 Å². The number of carbonyl (C=O) groups is 2. The van der Waals surface area contributed by atoms with Crippen LogP contribution in [-0.4, -0.2) is 28.4 Å². The molecule has 1 N–H and O–H groups in total. The van der Waals surface area contributed by atoms with Crippen molar-refractivity contribution in [2.75, 3.05) is 11.5 Å². The molecule has 31 heavy (non-hydrogen) atoms. The van der Waals surface area contributed by atoms with Gasteiger partial charge in [-0.15, -0.1) is 11.3 Å². The minimum Gasteiger partial charge on any atom is -0.507 e. The molecular weight excluding hydrogens is 436 g/mol. The van der Waals surface area contributed by atoms with Crippen LogP contribution in [0.4, 0.5) is 5.13 Å². The molecular formula is C23H17ClN2O4S. The highest BCUT2D eigenvalue weighted by Crippen LogP contribution is 2.43. The molecule has 1 aliphatic heterocycles. The van der Waals surface area contributed by atoms with Gasteiger partial charge in [0, 0.05) is 22.2 Å². The highest BCUT2D eigenvalue weighted by Gasteiger charge is 2.48. The van der Waals surface area contributed by atoms with Crippen LogP contribution in [0.25, 0.3) is 5.76 Å². The van der Waals surface area contributed by atoms with Gasteiger partial charge in [0.1, 0.15) is 18.1 Å². The number of amides is 1. The van der Waals surface area contributed by atoms with E-state index in [1.54, 1.807) is 66.2 Å². The second-order valence-corrected chi connectivity index (χ2v) is 7.97. The van der Waals surface area contributed by atoms with Crippen LogP contribution in [0.1, 0.15) is 17.2 Å². The predicted molar refractivity (Wildman–Crippen MR) is 120 cm³/mol. The summed E-state index contributed by atoms with van der Waals surface area (Å²) in [6.07, 6.45) is 3.18.